The molecule has 0 unspecified atom stereocenters. The molecule has 3 aromatic rings. The van der Waals surface area contributed by atoms with Gasteiger partial charge in [-0.1, -0.05) is 0 Å². The lowest BCUT2D eigenvalue weighted by Gasteiger charge is -2.16. The zero-order chi connectivity index (χ0) is 20.7. The Morgan fingerprint density at radius 3 is 2.31 bits per heavy atom. The van der Waals surface area contributed by atoms with Crippen LogP contribution in [0.4, 0.5) is 0 Å². The summed E-state index contributed by atoms with van der Waals surface area (Å²) in [6.07, 6.45) is -5.09. The fourth-order valence-electron chi connectivity index (χ4n) is 3.17. The number of aromatic hydroxyl groups is 3. The van der Waals surface area contributed by atoms with Crippen LogP contribution in [0.5, 0.6) is 23.0 Å². The number of hydrogen-bond acceptors (Lipinski definition) is 8. The molecular formula is C20H19O9+. The van der Waals surface area contributed by atoms with Gasteiger partial charge in [-0.05, 0) is 24.3 Å². The van der Waals surface area contributed by atoms with Crippen LogP contribution in [-0.2, 0) is 4.74 Å². The molecule has 152 valence electrons. The van der Waals surface area contributed by atoms with Crippen LogP contribution in [0.25, 0.3) is 22.3 Å². The monoisotopic (exact) mass is 403 g/mol. The quantitative estimate of drug-likeness (QED) is 0.354. The smallest absolute Gasteiger partial charge is 0.402 e. The molecule has 4 rings (SSSR count). The molecule has 0 radical (unpaired) electrons. The van der Waals surface area contributed by atoms with Gasteiger partial charge in [0.15, 0.2) is 0 Å². The number of rotatable bonds is 4. The lowest BCUT2D eigenvalue weighted by atomic mass is 10.1. The molecule has 6 N–H and O–H groups in total. The first-order valence-corrected chi connectivity index (χ1v) is 8.78. The van der Waals surface area contributed by atoms with E-state index in [1.54, 1.807) is 12.1 Å². The lowest BCUT2D eigenvalue weighted by molar-refractivity contribution is -0.116. The average Bonchev–Trinajstić information content (AvgIpc) is 2.96. The number of aliphatic hydroxyl groups is 3. The minimum Gasteiger partial charge on any atom is -0.508 e. The van der Waals surface area contributed by atoms with Crippen molar-refractivity contribution < 1.29 is 44.5 Å². The molecule has 1 saturated heterocycles. The first kappa shape index (κ1) is 19.2. The van der Waals surface area contributed by atoms with Gasteiger partial charge in [-0.3, -0.25) is 0 Å². The number of ether oxygens (including phenoxy) is 2. The van der Waals surface area contributed by atoms with Gasteiger partial charge in [-0.25, -0.2) is 4.42 Å². The van der Waals surface area contributed by atoms with E-state index in [0.29, 0.717) is 5.56 Å². The second kappa shape index (κ2) is 7.37. The van der Waals surface area contributed by atoms with Gasteiger partial charge in [0, 0.05) is 12.1 Å². The summed E-state index contributed by atoms with van der Waals surface area (Å²) in [6.45, 7) is -0.509. The van der Waals surface area contributed by atoms with E-state index in [1.807, 2.05) is 0 Å². The van der Waals surface area contributed by atoms with Crippen LogP contribution in [0.3, 0.4) is 0 Å². The number of phenols is 3. The van der Waals surface area contributed by atoms with Gasteiger partial charge in [0.05, 0.1) is 18.2 Å². The number of fused-ring (bicyclic) bond motifs is 1. The maximum absolute atomic E-state index is 10.2. The first-order valence-electron chi connectivity index (χ1n) is 8.78. The maximum Gasteiger partial charge on any atom is 0.402 e. The molecule has 4 atom stereocenters. The summed E-state index contributed by atoms with van der Waals surface area (Å²) in [5.74, 6) is -0.186. The van der Waals surface area contributed by atoms with Crippen molar-refractivity contribution in [3.63, 3.8) is 0 Å². The average molecular weight is 403 g/mol. The minimum atomic E-state index is -1.43. The van der Waals surface area contributed by atoms with Crippen molar-refractivity contribution in [3.8, 4) is 34.3 Å². The van der Waals surface area contributed by atoms with E-state index in [1.165, 1.54) is 24.3 Å². The fraction of sp³-hybridized carbons (Fsp3) is 0.250. The molecule has 0 amide bonds. The van der Waals surface area contributed by atoms with Gasteiger partial charge in [0.25, 0.3) is 0 Å². The van der Waals surface area contributed by atoms with Crippen molar-refractivity contribution in [2.75, 3.05) is 6.61 Å². The first-order chi connectivity index (χ1) is 13.9. The third-order valence-corrected chi connectivity index (χ3v) is 4.69. The summed E-state index contributed by atoms with van der Waals surface area (Å²) >= 11 is 0. The van der Waals surface area contributed by atoms with E-state index in [0.717, 1.165) is 6.07 Å². The van der Waals surface area contributed by atoms with E-state index in [4.69, 9.17) is 13.9 Å². The third kappa shape index (κ3) is 3.52. The van der Waals surface area contributed by atoms with E-state index in [9.17, 15) is 30.6 Å². The van der Waals surface area contributed by atoms with Crippen LogP contribution in [0, 0.1) is 0 Å². The molecule has 9 heteroatoms. The molecule has 2 aromatic carbocycles. The number of hydrogen-bond donors (Lipinski definition) is 6. The van der Waals surface area contributed by atoms with Crippen molar-refractivity contribution in [1.29, 1.82) is 0 Å². The van der Waals surface area contributed by atoms with Crippen LogP contribution in [0.1, 0.15) is 0 Å². The van der Waals surface area contributed by atoms with Crippen LogP contribution >= 0.6 is 0 Å². The van der Waals surface area contributed by atoms with E-state index in [2.05, 4.69) is 0 Å². The Balaban J connectivity index is 1.82. The van der Waals surface area contributed by atoms with Crippen LogP contribution in [-0.4, -0.2) is 61.8 Å². The maximum atomic E-state index is 10.2. The van der Waals surface area contributed by atoms with Gasteiger partial charge in [-0.15, -0.1) is 0 Å². The Labute approximate surface area is 164 Å². The molecule has 2 heterocycles. The van der Waals surface area contributed by atoms with Crippen molar-refractivity contribution in [1.82, 2.24) is 0 Å². The molecule has 0 aliphatic carbocycles. The highest BCUT2D eigenvalue weighted by Crippen LogP contribution is 2.40. The topological polar surface area (TPSA) is 151 Å². The molecule has 1 aliphatic rings. The molecule has 1 aromatic heterocycles. The SMILES string of the molecule is OC[C@H]1O[C@H](Oc2cc3c(O)cc(O)cc3[o+]c2-c2ccc(O)cc2)[C@@H](O)[C@@H]1O. The van der Waals surface area contributed by atoms with Crippen molar-refractivity contribution in [2.45, 2.75) is 24.6 Å². The fourth-order valence-corrected chi connectivity index (χ4v) is 3.17. The molecule has 0 spiro atoms. The molecule has 1 aliphatic heterocycles. The van der Waals surface area contributed by atoms with Gasteiger partial charge in [0.2, 0.25) is 12.0 Å². The molecule has 0 saturated carbocycles. The summed E-state index contributed by atoms with van der Waals surface area (Å²) in [4.78, 5) is 0. The highest BCUT2D eigenvalue weighted by atomic mass is 16.7. The normalized spacial score (nSPS) is 24.1. The summed E-state index contributed by atoms with van der Waals surface area (Å²) in [5, 5.41) is 59.0. The lowest BCUT2D eigenvalue weighted by Crippen LogP contribution is -2.35. The Bertz CT molecular complexity index is 1030. The van der Waals surface area contributed by atoms with Crippen molar-refractivity contribution >= 4 is 11.0 Å². The summed E-state index contributed by atoms with van der Waals surface area (Å²) in [6, 6.07) is 9.88. The van der Waals surface area contributed by atoms with Crippen molar-refractivity contribution in [3.05, 3.63) is 42.5 Å². The van der Waals surface area contributed by atoms with Gasteiger partial charge < -0.3 is 40.1 Å². The Hall–Kier alpha value is -3.11. The van der Waals surface area contributed by atoms with Gasteiger partial charge >= 0.3 is 11.3 Å². The van der Waals surface area contributed by atoms with Crippen LogP contribution < -0.4 is 4.74 Å². The van der Waals surface area contributed by atoms with E-state index >= 15 is 0 Å². The minimum absolute atomic E-state index is 0.0377. The largest absolute Gasteiger partial charge is 0.508 e. The Kier molecular flexibility index (Phi) is 4.89. The predicted molar refractivity (Wildman–Crippen MR) is 99.4 cm³/mol. The number of aliphatic hydroxyl groups excluding tert-OH is 3. The van der Waals surface area contributed by atoms with Gasteiger partial charge in [0.1, 0.15) is 40.9 Å². The summed E-state index contributed by atoms with van der Waals surface area (Å²) < 4.78 is 16.9. The van der Waals surface area contributed by atoms with Crippen LogP contribution in [0.15, 0.2) is 46.9 Å². The second-order valence-electron chi connectivity index (χ2n) is 6.69. The predicted octanol–water partition coefficient (Wildman–Crippen LogP) is 1.32. The number of phenolic OH excluding ortho intramolecular Hbond substituents is 3. The van der Waals surface area contributed by atoms with E-state index < -0.39 is 31.2 Å². The van der Waals surface area contributed by atoms with Crippen LogP contribution in [0.2, 0.25) is 0 Å². The number of benzene rings is 2. The highest BCUT2D eigenvalue weighted by Gasteiger charge is 2.45. The molecule has 9 nitrogen and oxygen atoms in total. The highest BCUT2D eigenvalue weighted by molar-refractivity contribution is 5.88. The van der Waals surface area contributed by atoms with E-state index in [-0.39, 0.29) is 39.7 Å². The zero-order valence-electron chi connectivity index (χ0n) is 15.0. The molecule has 1 fully saturated rings. The van der Waals surface area contributed by atoms with Gasteiger partial charge in [-0.2, -0.15) is 0 Å². The Morgan fingerprint density at radius 2 is 1.66 bits per heavy atom. The molecule has 29 heavy (non-hydrogen) atoms. The summed E-state index contributed by atoms with van der Waals surface area (Å²) in [7, 11) is 0. The summed E-state index contributed by atoms with van der Waals surface area (Å²) in [5.41, 5.74) is 0.661. The second-order valence-corrected chi connectivity index (χ2v) is 6.69. The molecular weight excluding hydrogens is 384 g/mol. The Morgan fingerprint density at radius 1 is 0.931 bits per heavy atom. The molecule has 0 bridgehead atoms. The zero-order valence-corrected chi connectivity index (χ0v) is 15.0. The van der Waals surface area contributed by atoms with Crippen molar-refractivity contribution in [2.24, 2.45) is 0 Å². The standard InChI is InChI=1S/C20H18O9/c21-8-16-17(25)18(26)20(29-16)28-15-7-12-13(24)5-11(23)6-14(12)27-19(15)9-1-3-10(22)4-2-9/h1-7,16-18,20-21,25-26H,8H2,(H2-,22,23,24)/p+1/t16-,17-,18+,20+/m1/s1. The third-order valence-electron chi connectivity index (χ3n) is 4.69.